The van der Waals surface area contributed by atoms with Gasteiger partial charge in [0, 0.05) is 12.0 Å². The fourth-order valence-electron chi connectivity index (χ4n) is 3.95. The van der Waals surface area contributed by atoms with Gasteiger partial charge in [-0.2, -0.15) is 0 Å². The topological polar surface area (TPSA) is 30.5 Å². The molecule has 0 aliphatic rings. The van der Waals surface area contributed by atoms with E-state index in [0.717, 1.165) is 54.0 Å². The first-order chi connectivity index (χ1) is 16.2. The first-order valence-corrected chi connectivity index (χ1v) is 11.7. The van der Waals surface area contributed by atoms with Crippen molar-refractivity contribution in [1.29, 1.82) is 0 Å². The van der Waals surface area contributed by atoms with E-state index in [1.165, 1.54) is 11.1 Å². The van der Waals surface area contributed by atoms with E-state index in [1.807, 2.05) is 32.2 Å². The molecule has 1 N–H and O–H groups in total. The Labute approximate surface area is 198 Å². The van der Waals surface area contributed by atoms with E-state index >= 15 is 0 Å². The Balaban J connectivity index is 2.05. The first-order valence-electron chi connectivity index (χ1n) is 11.7. The van der Waals surface area contributed by atoms with Crippen LogP contribution in [-0.4, -0.2) is 20.2 Å². The van der Waals surface area contributed by atoms with Crippen molar-refractivity contribution in [3.8, 4) is 22.6 Å². The van der Waals surface area contributed by atoms with Gasteiger partial charge in [0.25, 0.3) is 0 Å². The van der Waals surface area contributed by atoms with E-state index in [0.29, 0.717) is 6.61 Å². The third-order valence-electron chi connectivity index (χ3n) is 5.56. The minimum atomic E-state index is -0.0435. The molecule has 3 aromatic rings. The van der Waals surface area contributed by atoms with Gasteiger partial charge in [-0.3, -0.25) is 0 Å². The van der Waals surface area contributed by atoms with Gasteiger partial charge in [-0.25, -0.2) is 0 Å². The van der Waals surface area contributed by atoms with Gasteiger partial charge in [-0.15, -0.1) is 13.2 Å². The van der Waals surface area contributed by atoms with E-state index in [4.69, 9.17) is 9.47 Å². The van der Waals surface area contributed by atoms with Gasteiger partial charge in [-0.1, -0.05) is 54.6 Å². The third kappa shape index (κ3) is 6.59. The summed E-state index contributed by atoms with van der Waals surface area (Å²) in [5.41, 5.74) is 5.69. The number of hydrogen-bond acceptors (Lipinski definition) is 3. The average Bonchev–Trinajstić information content (AvgIpc) is 2.84. The van der Waals surface area contributed by atoms with Crippen LogP contribution in [0.2, 0.25) is 0 Å². The highest BCUT2D eigenvalue weighted by atomic mass is 16.5. The predicted octanol–water partition coefficient (Wildman–Crippen LogP) is 6.94. The van der Waals surface area contributed by atoms with Crippen molar-refractivity contribution in [1.82, 2.24) is 5.32 Å². The van der Waals surface area contributed by atoms with E-state index in [9.17, 15) is 0 Å². The van der Waals surface area contributed by atoms with E-state index in [2.05, 4.69) is 79.1 Å². The fourth-order valence-corrected chi connectivity index (χ4v) is 3.95. The zero-order valence-corrected chi connectivity index (χ0v) is 19.8. The molecule has 0 heterocycles. The highest BCUT2D eigenvalue weighted by molar-refractivity contribution is 5.73. The summed E-state index contributed by atoms with van der Waals surface area (Å²) in [6, 6.07) is 23.2. The highest BCUT2D eigenvalue weighted by Crippen LogP contribution is 2.37. The molecule has 33 heavy (non-hydrogen) atoms. The molecule has 3 nitrogen and oxygen atoms in total. The maximum Gasteiger partial charge on any atom is 0.128 e. The molecule has 0 amide bonds. The highest BCUT2D eigenvalue weighted by Gasteiger charge is 2.17. The van der Waals surface area contributed by atoms with Crippen LogP contribution < -0.4 is 14.8 Å². The van der Waals surface area contributed by atoms with Crippen molar-refractivity contribution < 1.29 is 9.47 Å². The first kappa shape index (κ1) is 24.3. The molecule has 172 valence electrons. The molecule has 3 aromatic carbocycles. The van der Waals surface area contributed by atoms with Crippen LogP contribution in [-0.2, 0) is 12.8 Å². The summed E-state index contributed by atoms with van der Waals surface area (Å²) in [5.74, 6) is 1.78. The molecule has 3 rings (SSSR count). The lowest BCUT2D eigenvalue weighted by Crippen LogP contribution is -2.16. The van der Waals surface area contributed by atoms with Gasteiger partial charge in [0.2, 0.25) is 0 Å². The van der Waals surface area contributed by atoms with E-state index in [-0.39, 0.29) is 6.10 Å². The van der Waals surface area contributed by atoms with Crippen LogP contribution in [0.15, 0.2) is 92.0 Å². The lowest BCUT2D eigenvalue weighted by Gasteiger charge is -2.22. The van der Waals surface area contributed by atoms with Crippen LogP contribution in [0.25, 0.3) is 11.1 Å². The number of nitrogens with one attached hydrogen (secondary N) is 1. The molecular weight excluding hydrogens is 406 g/mol. The maximum atomic E-state index is 6.68. The summed E-state index contributed by atoms with van der Waals surface area (Å²) >= 11 is 0. The largest absolute Gasteiger partial charge is 0.494 e. The molecule has 1 atom stereocenters. The Morgan fingerprint density at radius 2 is 1.67 bits per heavy atom. The minimum Gasteiger partial charge on any atom is -0.494 e. The second kappa shape index (κ2) is 12.7. The van der Waals surface area contributed by atoms with Crippen LogP contribution in [0, 0.1) is 0 Å². The molecule has 1 unspecified atom stereocenters. The number of benzene rings is 3. The van der Waals surface area contributed by atoms with Crippen molar-refractivity contribution in [2.75, 3.05) is 20.2 Å². The molecule has 0 saturated heterocycles. The monoisotopic (exact) mass is 441 g/mol. The third-order valence-corrected chi connectivity index (χ3v) is 5.56. The maximum absolute atomic E-state index is 6.68. The van der Waals surface area contributed by atoms with E-state index in [1.54, 1.807) is 0 Å². The smallest absolute Gasteiger partial charge is 0.128 e. The van der Waals surface area contributed by atoms with Gasteiger partial charge >= 0.3 is 0 Å². The van der Waals surface area contributed by atoms with Crippen LogP contribution in [0.3, 0.4) is 0 Å². The molecule has 0 radical (unpaired) electrons. The van der Waals surface area contributed by atoms with Crippen molar-refractivity contribution in [3.63, 3.8) is 0 Å². The summed E-state index contributed by atoms with van der Waals surface area (Å²) in [4.78, 5) is 0. The predicted molar refractivity (Wildman–Crippen MR) is 139 cm³/mol. The molecule has 0 fully saturated rings. The Morgan fingerprint density at radius 1 is 0.909 bits per heavy atom. The second-order valence-corrected chi connectivity index (χ2v) is 7.98. The summed E-state index contributed by atoms with van der Waals surface area (Å²) in [7, 11) is 1.97. The Bertz CT molecular complexity index is 1040. The standard InChI is InChI=1S/C30H35NO2/c1-5-11-23-15-17-30(33-29(19-20-31-4)24-13-9-8-10-14-24)27(21-23)25-16-18-28(32-7-3)26(22-25)12-6-2/h5-6,8-10,13-18,21-22,29,31H,1-2,7,11-12,19-20H2,3-4H3. The molecular formula is C30H35NO2. The minimum absolute atomic E-state index is 0.0435. The van der Waals surface area contributed by atoms with E-state index < -0.39 is 0 Å². The molecule has 0 saturated carbocycles. The zero-order valence-electron chi connectivity index (χ0n) is 19.8. The molecule has 0 bridgehead atoms. The fraction of sp³-hybridized carbons (Fsp3) is 0.267. The summed E-state index contributed by atoms with van der Waals surface area (Å²) in [6.45, 7) is 11.3. The number of ether oxygens (including phenoxy) is 2. The van der Waals surface area contributed by atoms with Crippen LogP contribution in [0.4, 0.5) is 0 Å². The SMILES string of the molecule is C=CCc1ccc(OC(CCNC)c2ccccc2)c(-c2ccc(OCC)c(CC=C)c2)c1. The van der Waals surface area contributed by atoms with Crippen LogP contribution in [0.1, 0.15) is 36.1 Å². The quantitative estimate of drug-likeness (QED) is 0.291. The number of hydrogen-bond donors (Lipinski definition) is 1. The number of allylic oxidation sites excluding steroid dienone is 2. The van der Waals surface area contributed by atoms with Crippen molar-refractivity contribution in [3.05, 3.63) is 109 Å². The van der Waals surface area contributed by atoms with Crippen LogP contribution in [0.5, 0.6) is 11.5 Å². The van der Waals surface area contributed by atoms with Gasteiger partial charge in [0.15, 0.2) is 0 Å². The van der Waals surface area contributed by atoms with Crippen molar-refractivity contribution in [2.45, 2.75) is 32.3 Å². The summed E-state index contributed by atoms with van der Waals surface area (Å²) in [5, 5.41) is 3.25. The number of rotatable bonds is 13. The van der Waals surface area contributed by atoms with Crippen molar-refractivity contribution >= 4 is 0 Å². The second-order valence-electron chi connectivity index (χ2n) is 7.98. The lowest BCUT2D eigenvalue weighted by atomic mass is 9.97. The zero-order chi connectivity index (χ0) is 23.5. The Hall–Kier alpha value is -3.30. The molecule has 0 aliphatic heterocycles. The Morgan fingerprint density at radius 3 is 2.36 bits per heavy atom. The average molecular weight is 442 g/mol. The lowest BCUT2D eigenvalue weighted by molar-refractivity contribution is 0.196. The van der Waals surface area contributed by atoms with Gasteiger partial charge in [0.05, 0.1) is 6.61 Å². The molecule has 0 spiro atoms. The van der Waals surface area contributed by atoms with Crippen molar-refractivity contribution in [2.24, 2.45) is 0 Å². The van der Waals surface area contributed by atoms with Crippen LogP contribution >= 0.6 is 0 Å². The van der Waals surface area contributed by atoms with Gasteiger partial charge in [-0.05, 0) is 79.9 Å². The summed E-state index contributed by atoms with van der Waals surface area (Å²) < 4.78 is 12.5. The Kier molecular flexibility index (Phi) is 9.34. The molecule has 3 heteroatoms. The van der Waals surface area contributed by atoms with Gasteiger partial charge < -0.3 is 14.8 Å². The summed E-state index contributed by atoms with van der Waals surface area (Å²) in [6.07, 6.45) is 6.24. The molecule has 0 aromatic heterocycles. The van der Waals surface area contributed by atoms with Gasteiger partial charge in [0.1, 0.15) is 17.6 Å². The molecule has 0 aliphatic carbocycles. The normalized spacial score (nSPS) is 11.6.